The van der Waals surface area contributed by atoms with E-state index in [1.54, 1.807) is 7.11 Å². The smallest absolute Gasteiger partial charge is 0.243 e. The lowest BCUT2D eigenvalue weighted by Gasteiger charge is -2.03. The maximum absolute atomic E-state index is 10.2. The molecule has 0 aliphatic carbocycles. The van der Waals surface area contributed by atoms with Gasteiger partial charge >= 0.3 is 0 Å². The molecule has 0 saturated heterocycles. The summed E-state index contributed by atoms with van der Waals surface area (Å²) in [5.41, 5.74) is 4.85. The Kier molecular flexibility index (Phi) is 8.97. The lowest BCUT2D eigenvalue weighted by atomic mass is 10.5. The summed E-state index contributed by atoms with van der Waals surface area (Å²) in [6.45, 7) is 2.18. The predicted molar refractivity (Wildman–Crippen MR) is 47.3 cm³/mol. The molecule has 5 heteroatoms. The van der Waals surface area contributed by atoms with E-state index in [9.17, 15) is 4.79 Å². The summed E-state index contributed by atoms with van der Waals surface area (Å²) in [5.74, 6) is -0.459. The number of ether oxygens (including phenoxy) is 3. The Morgan fingerprint density at radius 3 is 2.46 bits per heavy atom. The highest BCUT2D eigenvalue weighted by molar-refractivity contribution is 5.74. The standard InChI is InChI=1S/C8H17NO4/c1-11-3-2-4-12-5-6-13-7-8(9)10/h2-7H2,1H3,(H2,9,10). The largest absolute Gasteiger partial charge is 0.385 e. The van der Waals surface area contributed by atoms with Gasteiger partial charge < -0.3 is 19.9 Å². The van der Waals surface area contributed by atoms with Crippen molar-refractivity contribution in [2.75, 3.05) is 40.1 Å². The number of nitrogens with two attached hydrogens (primary N) is 1. The van der Waals surface area contributed by atoms with Gasteiger partial charge in [-0.2, -0.15) is 0 Å². The van der Waals surface area contributed by atoms with Crippen LogP contribution in [-0.2, 0) is 19.0 Å². The van der Waals surface area contributed by atoms with Crippen LogP contribution in [0.1, 0.15) is 6.42 Å². The van der Waals surface area contributed by atoms with Gasteiger partial charge in [-0.25, -0.2) is 0 Å². The second-order valence-corrected chi connectivity index (χ2v) is 2.48. The van der Waals surface area contributed by atoms with E-state index >= 15 is 0 Å². The van der Waals surface area contributed by atoms with Crippen molar-refractivity contribution >= 4 is 5.91 Å². The van der Waals surface area contributed by atoms with Gasteiger partial charge in [-0.15, -0.1) is 0 Å². The molecule has 0 atom stereocenters. The molecule has 0 radical (unpaired) electrons. The number of hydrogen-bond donors (Lipinski definition) is 1. The molecule has 1 amide bonds. The fraction of sp³-hybridized carbons (Fsp3) is 0.875. The molecule has 0 bridgehead atoms. The predicted octanol–water partition coefficient (Wildman–Crippen LogP) is -0.459. The summed E-state index contributed by atoms with van der Waals surface area (Å²) < 4.78 is 14.9. The average Bonchev–Trinajstić information content (AvgIpc) is 2.09. The second-order valence-electron chi connectivity index (χ2n) is 2.48. The summed E-state index contributed by atoms with van der Waals surface area (Å²) in [7, 11) is 1.65. The lowest BCUT2D eigenvalue weighted by Crippen LogP contribution is -2.19. The van der Waals surface area contributed by atoms with Gasteiger partial charge in [-0.05, 0) is 6.42 Å². The maximum Gasteiger partial charge on any atom is 0.243 e. The molecule has 0 aromatic heterocycles. The summed E-state index contributed by atoms with van der Waals surface area (Å²) in [4.78, 5) is 10.2. The molecule has 0 spiro atoms. The van der Waals surface area contributed by atoms with Crippen LogP contribution in [0, 0.1) is 0 Å². The molecule has 0 saturated carbocycles. The minimum Gasteiger partial charge on any atom is -0.385 e. The highest BCUT2D eigenvalue weighted by Gasteiger charge is 1.93. The zero-order valence-electron chi connectivity index (χ0n) is 7.95. The maximum atomic E-state index is 10.2. The summed E-state index contributed by atoms with van der Waals surface area (Å²) in [6, 6.07) is 0. The summed E-state index contributed by atoms with van der Waals surface area (Å²) >= 11 is 0. The number of amides is 1. The molecule has 5 nitrogen and oxygen atoms in total. The third kappa shape index (κ3) is 11.3. The SMILES string of the molecule is COCCCOCCOCC(N)=O. The molecular formula is C8H17NO4. The van der Waals surface area contributed by atoms with E-state index in [0.717, 1.165) is 6.42 Å². The van der Waals surface area contributed by atoms with E-state index in [2.05, 4.69) is 0 Å². The molecule has 78 valence electrons. The van der Waals surface area contributed by atoms with Crippen molar-refractivity contribution in [3.05, 3.63) is 0 Å². The Hall–Kier alpha value is -0.650. The van der Waals surface area contributed by atoms with Gasteiger partial charge in [0.15, 0.2) is 0 Å². The highest BCUT2D eigenvalue weighted by Crippen LogP contribution is 1.84. The van der Waals surface area contributed by atoms with Gasteiger partial charge in [0.25, 0.3) is 0 Å². The molecule has 2 N–H and O–H groups in total. The minimum absolute atomic E-state index is 0.0402. The number of hydrogen-bond acceptors (Lipinski definition) is 4. The first-order valence-electron chi connectivity index (χ1n) is 4.20. The number of primary amides is 1. The number of rotatable bonds is 9. The van der Waals surface area contributed by atoms with Crippen molar-refractivity contribution in [2.24, 2.45) is 5.73 Å². The quantitative estimate of drug-likeness (QED) is 0.501. The Morgan fingerprint density at radius 2 is 1.85 bits per heavy atom. The van der Waals surface area contributed by atoms with Gasteiger partial charge in [0.2, 0.25) is 5.91 Å². The van der Waals surface area contributed by atoms with Gasteiger partial charge in [0.05, 0.1) is 13.2 Å². The Morgan fingerprint density at radius 1 is 1.15 bits per heavy atom. The third-order valence-corrected chi connectivity index (χ3v) is 1.25. The van der Waals surface area contributed by atoms with Crippen molar-refractivity contribution in [1.29, 1.82) is 0 Å². The number of carbonyl (C=O) groups is 1. The van der Waals surface area contributed by atoms with E-state index in [1.165, 1.54) is 0 Å². The van der Waals surface area contributed by atoms with Gasteiger partial charge in [0.1, 0.15) is 6.61 Å². The molecule has 0 aromatic carbocycles. The second kappa shape index (κ2) is 9.44. The first kappa shape index (κ1) is 12.3. The summed E-state index contributed by atoms with van der Waals surface area (Å²) in [6.07, 6.45) is 0.867. The highest BCUT2D eigenvalue weighted by atomic mass is 16.5. The van der Waals surface area contributed by atoms with Crippen LogP contribution in [0.25, 0.3) is 0 Å². The van der Waals surface area contributed by atoms with E-state index in [-0.39, 0.29) is 6.61 Å². The fourth-order valence-corrected chi connectivity index (χ4v) is 0.698. The van der Waals surface area contributed by atoms with Crippen LogP contribution in [0.5, 0.6) is 0 Å². The van der Waals surface area contributed by atoms with Gasteiger partial charge in [0, 0.05) is 20.3 Å². The van der Waals surface area contributed by atoms with Crippen molar-refractivity contribution in [3.8, 4) is 0 Å². The molecule has 0 aliphatic rings. The van der Waals surface area contributed by atoms with Gasteiger partial charge in [-0.3, -0.25) is 4.79 Å². The van der Waals surface area contributed by atoms with Crippen LogP contribution in [0.3, 0.4) is 0 Å². The van der Waals surface area contributed by atoms with Crippen LogP contribution >= 0.6 is 0 Å². The van der Waals surface area contributed by atoms with Crippen LogP contribution < -0.4 is 5.73 Å². The normalized spacial score (nSPS) is 10.2. The molecule has 13 heavy (non-hydrogen) atoms. The first-order valence-corrected chi connectivity index (χ1v) is 4.20. The van der Waals surface area contributed by atoms with Crippen molar-refractivity contribution in [1.82, 2.24) is 0 Å². The Labute approximate surface area is 78.1 Å². The average molecular weight is 191 g/mol. The molecule has 0 aliphatic heterocycles. The fourth-order valence-electron chi connectivity index (χ4n) is 0.698. The number of carbonyl (C=O) groups excluding carboxylic acids is 1. The van der Waals surface area contributed by atoms with Gasteiger partial charge in [-0.1, -0.05) is 0 Å². The van der Waals surface area contributed by atoms with Crippen molar-refractivity contribution in [3.63, 3.8) is 0 Å². The molecule has 0 rings (SSSR count). The third-order valence-electron chi connectivity index (χ3n) is 1.25. The molecule has 0 unspecified atom stereocenters. The monoisotopic (exact) mass is 191 g/mol. The number of methoxy groups -OCH3 is 1. The van der Waals surface area contributed by atoms with E-state index in [4.69, 9.17) is 19.9 Å². The van der Waals surface area contributed by atoms with Crippen molar-refractivity contribution < 1.29 is 19.0 Å². The summed E-state index contributed by atoms with van der Waals surface area (Å²) in [5, 5.41) is 0. The van der Waals surface area contributed by atoms with E-state index < -0.39 is 5.91 Å². The van der Waals surface area contributed by atoms with Crippen LogP contribution in [0.15, 0.2) is 0 Å². The van der Waals surface area contributed by atoms with E-state index in [1.807, 2.05) is 0 Å². The topological polar surface area (TPSA) is 70.8 Å². The van der Waals surface area contributed by atoms with Crippen molar-refractivity contribution in [2.45, 2.75) is 6.42 Å². The van der Waals surface area contributed by atoms with E-state index in [0.29, 0.717) is 26.4 Å². The molecule has 0 fully saturated rings. The molecular weight excluding hydrogens is 174 g/mol. The first-order chi connectivity index (χ1) is 6.27. The zero-order chi connectivity index (χ0) is 9.94. The molecule has 0 aromatic rings. The van der Waals surface area contributed by atoms with Crippen LogP contribution in [-0.4, -0.2) is 46.1 Å². The Balaban J connectivity index is 2.87. The minimum atomic E-state index is -0.459. The lowest BCUT2D eigenvalue weighted by molar-refractivity contribution is -0.123. The van der Waals surface area contributed by atoms with Crippen LogP contribution in [0.4, 0.5) is 0 Å². The Bertz CT molecular complexity index is 129. The zero-order valence-corrected chi connectivity index (χ0v) is 7.95. The molecule has 0 heterocycles. The van der Waals surface area contributed by atoms with Crippen LogP contribution in [0.2, 0.25) is 0 Å².